The minimum Gasteiger partial charge on any atom is -0.382 e. The normalized spacial score (nSPS) is 22.2. The quantitative estimate of drug-likeness (QED) is 0.747. The largest absolute Gasteiger partial charge is 0.382 e. The van der Waals surface area contributed by atoms with E-state index in [9.17, 15) is 0 Å². The highest BCUT2D eigenvalue weighted by Gasteiger charge is 2.20. The molecule has 0 aliphatic carbocycles. The number of benzene rings is 1. The summed E-state index contributed by atoms with van der Waals surface area (Å²) in [5.41, 5.74) is 2.36. The Balaban J connectivity index is 1.82. The highest BCUT2D eigenvalue weighted by molar-refractivity contribution is 5.46. The van der Waals surface area contributed by atoms with Gasteiger partial charge in [0.2, 0.25) is 0 Å². The van der Waals surface area contributed by atoms with Crippen molar-refractivity contribution in [3.63, 3.8) is 0 Å². The zero-order valence-corrected chi connectivity index (χ0v) is 13.1. The van der Waals surface area contributed by atoms with Gasteiger partial charge in [-0.3, -0.25) is 0 Å². The van der Waals surface area contributed by atoms with Crippen molar-refractivity contribution in [1.29, 1.82) is 0 Å². The van der Waals surface area contributed by atoms with E-state index in [1.807, 2.05) is 0 Å². The van der Waals surface area contributed by atoms with E-state index >= 15 is 0 Å². The van der Waals surface area contributed by atoms with Crippen LogP contribution in [-0.4, -0.2) is 39.1 Å². The summed E-state index contributed by atoms with van der Waals surface area (Å²) in [6.45, 7) is 4.94. The molecule has 0 spiro atoms. The van der Waals surface area contributed by atoms with Crippen molar-refractivity contribution in [3.8, 4) is 0 Å². The van der Waals surface area contributed by atoms with Crippen LogP contribution in [0.4, 0.5) is 5.69 Å². The van der Waals surface area contributed by atoms with Gasteiger partial charge in [0.1, 0.15) is 0 Å². The summed E-state index contributed by atoms with van der Waals surface area (Å²) < 4.78 is 16.3. The van der Waals surface area contributed by atoms with Crippen LogP contribution in [0.25, 0.3) is 0 Å². The van der Waals surface area contributed by atoms with Crippen LogP contribution in [0.1, 0.15) is 31.7 Å². The second-order valence-corrected chi connectivity index (χ2v) is 5.51. The third-order valence-corrected chi connectivity index (χ3v) is 3.82. The molecule has 1 aromatic carbocycles. The third kappa shape index (κ3) is 5.65. The van der Waals surface area contributed by atoms with Crippen molar-refractivity contribution in [2.45, 2.75) is 44.9 Å². The molecule has 2 rings (SSSR count). The Morgan fingerprint density at radius 3 is 3.05 bits per heavy atom. The molecule has 118 valence electrons. The Morgan fingerprint density at radius 2 is 2.24 bits per heavy atom. The smallest absolute Gasteiger partial charge is 0.0718 e. The van der Waals surface area contributed by atoms with Crippen molar-refractivity contribution >= 4 is 5.69 Å². The molecule has 21 heavy (non-hydrogen) atoms. The highest BCUT2D eigenvalue weighted by atomic mass is 16.5. The topological polar surface area (TPSA) is 39.7 Å². The van der Waals surface area contributed by atoms with Crippen LogP contribution in [0.15, 0.2) is 24.3 Å². The summed E-state index contributed by atoms with van der Waals surface area (Å²) in [6, 6.07) is 8.97. The molecule has 1 aliphatic rings. The van der Waals surface area contributed by atoms with Crippen LogP contribution in [-0.2, 0) is 20.8 Å². The lowest BCUT2D eigenvalue weighted by Gasteiger charge is -2.30. The van der Waals surface area contributed by atoms with Gasteiger partial charge in [-0.1, -0.05) is 19.1 Å². The lowest BCUT2D eigenvalue weighted by Crippen LogP contribution is -2.33. The molecule has 2 atom stereocenters. The Bertz CT molecular complexity index is 411. The number of rotatable bonds is 8. The van der Waals surface area contributed by atoms with Gasteiger partial charge in [-0.05, 0) is 37.0 Å². The van der Waals surface area contributed by atoms with Crippen molar-refractivity contribution in [2.75, 3.05) is 32.2 Å². The Kier molecular flexibility index (Phi) is 7.00. The summed E-state index contributed by atoms with van der Waals surface area (Å²) in [6.07, 6.45) is 3.65. The average Bonchev–Trinajstić information content (AvgIpc) is 2.52. The minimum atomic E-state index is 0.400. The van der Waals surface area contributed by atoms with Crippen LogP contribution in [0.5, 0.6) is 0 Å². The predicted molar refractivity (Wildman–Crippen MR) is 84.6 cm³/mol. The molecule has 1 aliphatic heterocycles. The van der Waals surface area contributed by atoms with E-state index in [4.69, 9.17) is 14.2 Å². The van der Waals surface area contributed by atoms with Crippen molar-refractivity contribution in [3.05, 3.63) is 29.8 Å². The molecule has 0 saturated carbocycles. The van der Waals surface area contributed by atoms with Gasteiger partial charge in [0.15, 0.2) is 0 Å². The van der Waals surface area contributed by atoms with Crippen LogP contribution >= 0.6 is 0 Å². The number of hydrogen-bond donors (Lipinski definition) is 1. The van der Waals surface area contributed by atoms with Crippen LogP contribution in [0, 0.1) is 0 Å². The third-order valence-electron chi connectivity index (χ3n) is 3.82. The lowest BCUT2D eigenvalue weighted by molar-refractivity contribution is 0.00925. The van der Waals surface area contributed by atoms with E-state index in [-0.39, 0.29) is 0 Å². The second-order valence-electron chi connectivity index (χ2n) is 5.51. The molecule has 1 N–H and O–H groups in total. The van der Waals surface area contributed by atoms with E-state index in [1.54, 1.807) is 7.11 Å². The summed E-state index contributed by atoms with van der Waals surface area (Å²) >= 11 is 0. The van der Waals surface area contributed by atoms with E-state index in [0.717, 1.165) is 25.9 Å². The fourth-order valence-electron chi connectivity index (χ4n) is 2.61. The van der Waals surface area contributed by atoms with Gasteiger partial charge < -0.3 is 19.5 Å². The highest BCUT2D eigenvalue weighted by Crippen LogP contribution is 2.21. The van der Waals surface area contributed by atoms with Crippen molar-refractivity contribution in [1.82, 2.24) is 0 Å². The van der Waals surface area contributed by atoms with Crippen molar-refractivity contribution in [2.24, 2.45) is 0 Å². The first-order valence-corrected chi connectivity index (χ1v) is 7.85. The molecular weight excluding hydrogens is 266 g/mol. The van der Waals surface area contributed by atoms with E-state index in [1.165, 1.54) is 11.3 Å². The zero-order valence-electron chi connectivity index (χ0n) is 13.1. The fourth-order valence-corrected chi connectivity index (χ4v) is 2.61. The number of hydrogen-bond acceptors (Lipinski definition) is 4. The van der Waals surface area contributed by atoms with Crippen molar-refractivity contribution < 1.29 is 14.2 Å². The summed E-state index contributed by atoms with van der Waals surface area (Å²) in [4.78, 5) is 0. The van der Waals surface area contributed by atoms with Gasteiger partial charge in [0.05, 0.1) is 25.9 Å². The monoisotopic (exact) mass is 293 g/mol. The van der Waals surface area contributed by atoms with Gasteiger partial charge >= 0.3 is 0 Å². The Morgan fingerprint density at radius 1 is 1.33 bits per heavy atom. The first-order chi connectivity index (χ1) is 10.3. The number of methoxy groups -OCH3 is 1. The summed E-state index contributed by atoms with van der Waals surface area (Å²) in [7, 11) is 1.69. The minimum absolute atomic E-state index is 0.400. The molecule has 0 bridgehead atoms. The molecule has 2 unspecified atom stereocenters. The molecule has 4 nitrogen and oxygen atoms in total. The fraction of sp³-hybridized carbons (Fsp3) is 0.647. The molecule has 1 saturated heterocycles. The summed E-state index contributed by atoms with van der Waals surface area (Å²) in [5.74, 6) is 0. The van der Waals surface area contributed by atoms with Gasteiger partial charge in [-0.25, -0.2) is 0 Å². The van der Waals surface area contributed by atoms with Crippen LogP contribution in [0.3, 0.4) is 0 Å². The van der Waals surface area contributed by atoms with Crippen LogP contribution in [0.2, 0.25) is 0 Å². The molecule has 0 amide bonds. The number of ether oxygens (including phenoxy) is 3. The molecule has 1 aromatic rings. The maximum Gasteiger partial charge on any atom is 0.0718 e. The van der Waals surface area contributed by atoms with Crippen LogP contribution < -0.4 is 5.32 Å². The molecule has 4 heteroatoms. The molecular formula is C17H27NO3. The van der Waals surface area contributed by atoms with Gasteiger partial charge in [0.25, 0.3) is 0 Å². The second kappa shape index (κ2) is 9.03. The number of nitrogens with one attached hydrogen (secondary N) is 1. The Labute approximate surface area is 127 Å². The Hall–Kier alpha value is -1.10. The first kappa shape index (κ1) is 16.3. The summed E-state index contributed by atoms with van der Waals surface area (Å²) in [5, 5.41) is 3.63. The maximum absolute atomic E-state index is 5.72. The predicted octanol–water partition coefficient (Wildman–Crippen LogP) is 3.22. The SMILES string of the molecule is CCC1CC(Nc2cccc(COCCOC)c2)CCO1. The first-order valence-electron chi connectivity index (χ1n) is 7.85. The molecule has 0 aromatic heterocycles. The van der Waals surface area contributed by atoms with Gasteiger partial charge in [-0.15, -0.1) is 0 Å². The molecule has 0 radical (unpaired) electrons. The zero-order chi connectivity index (χ0) is 14.9. The van der Waals surface area contributed by atoms with Gasteiger partial charge in [0, 0.05) is 25.4 Å². The molecule has 1 fully saturated rings. The maximum atomic E-state index is 5.72. The molecule has 1 heterocycles. The van der Waals surface area contributed by atoms with E-state index in [0.29, 0.717) is 32.0 Å². The lowest BCUT2D eigenvalue weighted by atomic mass is 10.0. The van der Waals surface area contributed by atoms with E-state index < -0.39 is 0 Å². The number of anilines is 1. The standard InChI is InChI=1S/C17H27NO3/c1-3-17-12-16(7-8-21-17)18-15-6-4-5-14(11-15)13-20-10-9-19-2/h4-6,11,16-18H,3,7-10,12-13H2,1-2H3. The van der Waals surface area contributed by atoms with E-state index in [2.05, 4.69) is 36.5 Å². The average molecular weight is 293 g/mol. The van der Waals surface area contributed by atoms with Gasteiger partial charge in [-0.2, -0.15) is 0 Å².